The third kappa shape index (κ3) is 5.96. The number of hydrogen-bond donors (Lipinski definition) is 1. The van der Waals surface area contributed by atoms with E-state index in [-0.39, 0.29) is 16.8 Å². The summed E-state index contributed by atoms with van der Waals surface area (Å²) in [5.74, 6) is 0.412. The van der Waals surface area contributed by atoms with Crippen molar-refractivity contribution < 1.29 is 17.9 Å². The van der Waals surface area contributed by atoms with E-state index in [9.17, 15) is 13.2 Å². The molecule has 3 aromatic carbocycles. The van der Waals surface area contributed by atoms with Crippen LogP contribution in [0.3, 0.4) is 0 Å². The normalized spacial score (nSPS) is 11.5. The first-order valence-electron chi connectivity index (χ1n) is 10.4. The van der Waals surface area contributed by atoms with Crippen molar-refractivity contribution in [3.8, 4) is 5.75 Å². The predicted molar refractivity (Wildman–Crippen MR) is 125 cm³/mol. The summed E-state index contributed by atoms with van der Waals surface area (Å²) in [5.41, 5.74) is 2.30. The fourth-order valence-electron chi connectivity index (χ4n) is 2.97. The molecule has 1 amide bonds. The van der Waals surface area contributed by atoms with Gasteiger partial charge in [-0.25, -0.2) is 8.42 Å². The second-order valence-electron chi connectivity index (χ2n) is 7.74. The summed E-state index contributed by atoms with van der Waals surface area (Å²) >= 11 is 0. The maximum Gasteiger partial charge on any atom is 0.251 e. The van der Waals surface area contributed by atoms with E-state index in [0.29, 0.717) is 18.7 Å². The van der Waals surface area contributed by atoms with Gasteiger partial charge in [-0.05, 0) is 55.3 Å². The Hall–Kier alpha value is -3.16. The van der Waals surface area contributed by atoms with Crippen LogP contribution >= 0.6 is 0 Å². The third-order valence-electron chi connectivity index (χ3n) is 5.13. The Balaban J connectivity index is 1.59. The van der Waals surface area contributed by atoms with E-state index in [0.717, 1.165) is 16.9 Å². The summed E-state index contributed by atoms with van der Waals surface area (Å²) in [5, 5.41) is 2.84. The van der Waals surface area contributed by atoms with E-state index in [4.69, 9.17) is 4.74 Å². The zero-order valence-electron chi connectivity index (χ0n) is 18.5. The number of carbonyl (C=O) groups is 1. The molecule has 0 aliphatic carbocycles. The van der Waals surface area contributed by atoms with E-state index >= 15 is 0 Å². The zero-order chi connectivity index (χ0) is 23.1. The number of rotatable bonds is 9. The molecule has 0 saturated heterocycles. The molecule has 0 saturated carbocycles. The second-order valence-corrected chi connectivity index (χ2v) is 9.74. The maximum atomic E-state index is 12.7. The summed E-state index contributed by atoms with van der Waals surface area (Å²) in [4.78, 5) is 12.7. The SMILES string of the molecule is CC(C)N(C)S(=O)(=O)c1cccc(C(=O)NCc2ccc(OCc3ccccc3)cc2)c1. The molecular weight excluding hydrogens is 424 g/mol. The highest BCUT2D eigenvalue weighted by Crippen LogP contribution is 2.18. The Bertz CT molecular complexity index is 1140. The smallest absolute Gasteiger partial charge is 0.251 e. The highest BCUT2D eigenvalue weighted by Gasteiger charge is 2.23. The molecule has 0 aliphatic rings. The first kappa shape index (κ1) is 23.5. The van der Waals surface area contributed by atoms with Crippen molar-refractivity contribution in [2.45, 2.75) is 37.9 Å². The van der Waals surface area contributed by atoms with Crippen LogP contribution in [0.1, 0.15) is 35.3 Å². The van der Waals surface area contributed by atoms with Gasteiger partial charge in [0.25, 0.3) is 5.91 Å². The Morgan fingerprint density at radius 2 is 1.62 bits per heavy atom. The van der Waals surface area contributed by atoms with Gasteiger partial charge in [0.2, 0.25) is 10.0 Å². The van der Waals surface area contributed by atoms with Crippen molar-refractivity contribution in [1.82, 2.24) is 9.62 Å². The van der Waals surface area contributed by atoms with Gasteiger partial charge in [-0.1, -0.05) is 48.5 Å². The van der Waals surface area contributed by atoms with E-state index < -0.39 is 10.0 Å². The zero-order valence-corrected chi connectivity index (χ0v) is 19.3. The number of hydrogen-bond acceptors (Lipinski definition) is 4. The monoisotopic (exact) mass is 452 g/mol. The molecule has 0 fully saturated rings. The van der Waals surface area contributed by atoms with Gasteiger partial charge in [0, 0.05) is 25.2 Å². The minimum absolute atomic E-state index is 0.0984. The van der Waals surface area contributed by atoms with Gasteiger partial charge in [-0.15, -0.1) is 0 Å². The summed E-state index contributed by atoms with van der Waals surface area (Å²) in [6, 6.07) is 23.3. The quantitative estimate of drug-likeness (QED) is 0.527. The standard InChI is InChI=1S/C25H28N2O4S/c1-19(2)27(3)32(29,30)24-11-7-10-22(16-24)25(28)26-17-20-12-14-23(15-13-20)31-18-21-8-5-4-6-9-21/h4-16,19H,17-18H2,1-3H3,(H,26,28). The number of ether oxygens (including phenoxy) is 1. The van der Waals surface area contributed by atoms with Crippen LogP contribution in [0.15, 0.2) is 83.8 Å². The summed E-state index contributed by atoms with van der Waals surface area (Å²) < 4.78 is 32.4. The van der Waals surface area contributed by atoms with Crippen LogP contribution in [0, 0.1) is 0 Å². The van der Waals surface area contributed by atoms with E-state index in [2.05, 4.69) is 5.32 Å². The lowest BCUT2D eigenvalue weighted by Gasteiger charge is -2.21. The number of benzene rings is 3. The molecule has 0 aromatic heterocycles. The van der Waals surface area contributed by atoms with Crippen molar-refractivity contribution in [2.24, 2.45) is 0 Å². The molecule has 0 spiro atoms. The van der Waals surface area contributed by atoms with Crippen LogP contribution in [-0.4, -0.2) is 31.7 Å². The molecule has 0 radical (unpaired) electrons. The van der Waals surface area contributed by atoms with Crippen molar-refractivity contribution in [3.63, 3.8) is 0 Å². The summed E-state index contributed by atoms with van der Waals surface area (Å²) in [6.45, 7) is 4.40. The minimum atomic E-state index is -3.65. The Morgan fingerprint density at radius 1 is 0.938 bits per heavy atom. The Labute approximate surface area is 189 Å². The molecule has 0 heterocycles. The number of nitrogens with zero attached hydrogens (tertiary/aromatic N) is 1. The Kier molecular flexibility index (Phi) is 7.66. The molecule has 0 bridgehead atoms. The van der Waals surface area contributed by atoms with E-state index in [1.807, 2.05) is 54.6 Å². The lowest BCUT2D eigenvalue weighted by atomic mass is 10.2. The number of nitrogens with one attached hydrogen (secondary N) is 1. The van der Waals surface area contributed by atoms with Crippen molar-refractivity contribution in [2.75, 3.05) is 7.05 Å². The van der Waals surface area contributed by atoms with Crippen LogP contribution in [0.5, 0.6) is 5.75 Å². The van der Waals surface area contributed by atoms with E-state index in [1.165, 1.54) is 23.5 Å². The fraction of sp³-hybridized carbons (Fsp3) is 0.240. The average molecular weight is 453 g/mol. The molecule has 3 rings (SSSR count). The van der Waals surface area contributed by atoms with Gasteiger partial charge in [0.15, 0.2) is 0 Å². The lowest BCUT2D eigenvalue weighted by Crippen LogP contribution is -2.33. The second kappa shape index (κ2) is 10.4. The van der Waals surface area contributed by atoms with Crippen LogP contribution < -0.4 is 10.1 Å². The number of amides is 1. The first-order chi connectivity index (χ1) is 15.3. The molecule has 168 valence electrons. The van der Waals surface area contributed by atoms with Gasteiger partial charge in [-0.2, -0.15) is 4.31 Å². The summed E-state index contributed by atoms with van der Waals surface area (Å²) in [6.07, 6.45) is 0. The lowest BCUT2D eigenvalue weighted by molar-refractivity contribution is 0.0950. The highest BCUT2D eigenvalue weighted by molar-refractivity contribution is 7.89. The van der Waals surface area contributed by atoms with Gasteiger partial charge >= 0.3 is 0 Å². The molecule has 6 nitrogen and oxygen atoms in total. The molecule has 1 N–H and O–H groups in total. The summed E-state index contributed by atoms with van der Waals surface area (Å²) in [7, 11) is -2.12. The van der Waals surface area contributed by atoms with Crippen LogP contribution in [0.25, 0.3) is 0 Å². The largest absolute Gasteiger partial charge is 0.489 e. The third-order valence-corrected chi connectivity index (χ3v) is 7.15. The van der Waals surface area contributed by atoms with Crippen molar-refractivity contribution in [1.29, 1.82) is 0 Å². The van der Waals surface area contributed by atoms with Gasteiger partial charge in [-0.3, -0.25) is 4.79 Å². The van der Waals surface area contributed by atoms with Crippen LogP contribution in [0.2, 0.25) is 0 Å². The van der Waals surface area contributed by atoms with Gasteiger partial charge in [0.05, 0.1) is 4.90 Å². The predicted octanol–water partition coefficient (Wildman–Crippen LogP) is 4.22. The van der Waals surface area contributed by atoms with Crippen molar-refractivity contribution in [3.05, 3.63) is 95.6 Å². The maximum absolute atomic E-state index is 12.7. The van der Waals surface area contributed by atoms with E-state index in [1.54, 1.807) is 26.0 Å². The molecule has 32 heavy (non-hydrogen) atoms. The Morgan fingerprint density at radius 3 is 2.28 bits per heavy atom. The molecule has 0 atom stereocenters. The molecule has 3 aromatic rings. The van der Waals surface area contributed by atoms with Gasteiger partial charge in [0.1, 0.15) is 12.4 Å². The van der Waals surface area contributed by atoms with Crippen LogP contribution in [-0.2, 0) is 23.2 Å². The van der Waals surface area contributed by atoms with Crippen molar-refractivity contribution >= 4 is 15.9 Å². The molecular formula is C25H28N2O4S. The average Bonchev–Trinajstić information content (AvgIpc) is 2.82. The van der Waals surface area contributed by atoms with Gasteiger partial charge < -0.3 is 10.1 Å². The fourth-order valence-corrected chi connectivity index (χ4v) is 4.38. The molecule has 7 heteroatoms. The number of sulfonamides is 1. The molecule has 0 aliphatic heterocycles. The first-order valence-corrected chi connectivity index (χ1v) is 11.8. The highest BCUT2D eigenvalue weighted by atomic mass is 32.2. The molecule has 0 unspecified atom stereocenters. The topological polar surface area (TPSA) is 75.7 Å². The number of carbonyl (C=O) groups excluding carboxylic acids is 1. The minimum Gasteiger partial charge on any atom is -0.489 e. The van der Waals surface area contributed by atoms with Crippen LogP contribution in [0.4, 0.5) is 0 Å².